The van der Waals surface area contributed by atoms with Crippen molar-refractivity contribution in [2.45, 2.75) is 6.36 Å². The topological polar surface area (TPSA) is 19.9 Å². The fourth-order valence-corrected chi connectivity index (χ4v) is 0. The predicted molar refractivity (Wildman–Crippen MR) is 6.74 cm³/mol. The molecule has 0 spiro atoms. The number of hydrogen-bond donors (Lipinski definition) is 0. The van der Waals surface area contributed by atoms with Gasteiger partial charge in [-0.25, -0.2) is 0 Å². The largest absolute Gasteiger partial charge is 0.549 e. The van der Waals surface area contributed by atoms with E-state index >= 15 is 0 Å². The molecule has 5 heteroatoms. The molecule has 2 radical (unpaired) electrons. The minimum atomic E-state index is -5.25. The number of hydrogen-bond acceptors (Lipinski definition) is 0. The molecule has 0 saturated heterocycles. The van der Waals surface area contributed by atoms with E-state index in [0.29, 0.717) is 0 Å². The third-order valence-corrected chi connectivity index (χ3v) is 0. The van der Waals surface area contributed by atoms with Gasteiger partial charge in [0.15, 0.2) is 0 Å². The molecule has 0 aliphatic rings. The van der Waals surface area contributed by atoms with Gasteiger partial charge >= 0.3 is 6.36 Å². The van der Waals surface area contributed by atoms with Gasteiger partial charge in [-0.05, 0) is 0 Å². The van der Waals surface area contributed by atoms with Crippen LogP contribution in [-0.4, -0.2) is 6.36 Å². The van der Waals surface area contributed by atoms with Crippen molar-refractivity contribution in [2.24, 2.45) is 0 Å². The van der Waals surface area contributed by atoms with Crippen LogP contribution in [0.2, 0.25) is 0 Å². The molecule has 0 amide bonds. The van der Waals surface area contributed by atoms with Crippen LogP contribution >= 0.6 is 0 Å². The smallest absolute Gasteiger partial charge is 0.142 e. The predicted octanol–water partition coefficient (Wildman–Crippen LogP) is 0.934. The Kier molecular flexibility index (Phi) is 4.25. The van der Waals surface area contributed by atoms with Gasteiger partial charge in [-0.15, -0.1) is 18.3 Å². The molecular weight excluding hydrogens is 193 g/mol. The Hall–Kier alpha value is 0.490. The van der Waals surface area contributed by atoms with Crippen molar-refractivity contribution in [1.29, 1.82) is 0 Å². The van der Waals surface area contributed by atoms with E-state index in [1.807, 2.05) is 0 Å². The maximum atomic E-state index is 9.80. The first-order valence-corrected chi connectivity index (χ1v) is 0.771. The third-order valence-electron chi connectivity index (χ3n) is 0. The molecule has 0 fully saturated rings. The Bertz CT molecular complexity index is 26.3. The van der Waals surface area contributed by atoms with Crippen molar-refractivity contribution in [3.8, 4) is 0 Å². The Morgan fingerprint density at radius 3 is 1.17 bits per heavy atom. The molecule has 0 heterocycles. The summed E-state index contributed by atoms with van der Waals surface area (Å²) in [4.78, 5) is 0. The van der Waals surface area contributed by atoms with Crippen LogP contribution in [0.3, 0.4) is 0 Å². The zero-order chi connectivity index (χ0) is 4.50. The maximum Gasteiger partial charge on any atom is 0.549 e. The first kappa shape index (κ1) is 9.70. The van der Waals surface area contributed by atoms with Crippen molar-refractivity contribution in [3.05, 3.63) is 0 Å². The summed E-state index contributed by atoms with van der Waals surface area (Å²) in [6.07, 6.45) is -5.25. The Morgan fingerprint density at radius 2 is 1.17 bits per heavy atom. The maximum absolute atomic E-state index is 9.80. The number of alkyl halides is 3. The summed E-state index contributed by atoms with van der Waals surface area (Å²) in [6, 6.07) is 0. The van der Waals surface area contributed by atoms with Gasteiger partial charge in [-0.1, -0.05) is 0 Å². The molecule has 0 aromatic carbocycles. The second-order valence-electron chi connectivity index (χ2n) is 0.446. The molecule has 0 bridgehead atoms. The van der Waals surface area contributed by atoms with E-state index in [0.717, 1.165) is 0 Å². The van der Waals surface area contributed by atoms with Gasteiger partial charge in [0.2, 0.25) is 0 Å². The summed E-state index contributed by atoms with van der Waals surface area (Å²) < 4.78 is 29.4. The zero-order valence-electron chi connectivity index (χ0n) is 2.34. The van der Waals surface area contributed by atoms with Gasteiger partial charge in [-0.3, -0.25) is 0 Å². The number of rotatable bonds is 0. The fraction of sp³-hybridized carbons (Fsp3) is 1.00. The summed E-state index contributed by atoms with van der Waals surface area (Å²) in [5.74, 6) is 0. The van der Waals surface area contributed by atoms with Gasteiger partial charge in [-0.2, -0.15) is 0 Å². The summed E-state index contributed by atoms with van der Waals surface area (Å²) in [5.41, 5.74) is 0. The zero-order valence-corrected chi connectivity index (χ0v) is 3.83. The van der Waals surface area contributed by atoms with Crippen LogP contribution in [-0.2, 0) is 27.5 Å². The SMILES string of the molecule is [Ag].[O]C(F)(F)F. The van der Waals surface area contributed by atoms with E-state index in [1.54, 1.807) is 0 Å². The average Bonchev–Trinajstić information content (AvgIpc) is 0.722. The Labute approximate surface area is 47.7 Å². The van der Waals surface area contributed by atoms with Crippen molar-refractivity contribution in [2.75, 3.05) is 0 Å². The molecule has 6 heavy (non-hydrogen) atoms. The molecule has 0 atom stereocenters. The van der Waals surface area contributed by atoms with E-state index in [-0.39, 0.29) is 22.4 Å². The summed E-state index contributed by atoms with van der Waals surface area (Å²) in [6.45, 7) is 0. The van der Waals surface area contributed by atoms with Crippen LogP contribution in [0.15, 0.2) is 0 Å². The Morgan fingerprint density at radius 1 is 1.17 bits per heavy atom. The molecule has 42 valence electrons. The minimum absolute atomic E-state index is 0. The van der Waals surface area contributed by atoms with Gasteiger partial charge in [0.25, 0.3) is 0 Å². The van der Waals surface area contributed by atoms with Crippen LogP contribution in [0, 0.1) is 0 Å². The van der Waals surface area contributed by atoms with E-state index in [9.17, 15) is 13.2 Å². The molecule has 0 N–H and O–H groups in total. The third kappa shape index (κ3) is 228. The van der Waals surface area contributed by atoms with Gasteiger partial charge in [0.05, 0.1) is 0 Å². The second kappa shape index (κ2) is 2.63. The summed E-state index contributed by atoms with van der Waals surface area (Å²) >= 11 is 0. The van der Waals surface area contributed by atoms with Crippen molar-refractivity contribution in [1.82, 2.24) is 0 Å². The van der Waals surface area contributed by atoms with E-state index in [1.165, 1.54) is 0 Å². The molecular formula is CAgF3O. The van der Waals surface area contributed by atoms with Crippen LogP contribution in [0.25, 0.3) is 0 Å². The Balaban J connectivity index is 0. The molecule has 0 aliphatic heterocycles. The molecule has 0 aromatic heterocycles. The normalized spacial score (nSPS) is 10.0. The van der Waals surface area contributed by atoms with Crippen LogP contribution in [0.5, 0.6) is 0 Å². The molecule has 0 saturated carbocycles. The summed E-state index contributed by atoms with van der Waals surface area (Å²) in [5, 5.41) is 8.10. The van der Waals surface area contributed by atoms with E-state index < -0.39 is 6.36 Å². The van der Waals surface area contributed by atoms with Gasteiger partial charge in [0, 0.05) is 22.4 Å². The summed E-state index contributed by atoms with van der Waals surface area (Å²) in [7, 11) is 0. The minimum Gasteiger partial charge on any atom is -0.142 e. The van der Waals surface area contributed by atoms with E-state index in [4.69, 9.17) is 5.11 Å². The van der Waals surface area contributed by atoms with Crippen LogP contribution in [0.1, 0.15) is 0 Å². The van der Waals surface area contributed by atoms with Crippen molar-refractivity contribution < 1.29 is 40.7 Å². The van der Waals surface area contributed by atoms with Crippen LogP contribution in [0.4, 0.5) is 13.2 Å². The average molecular weight is 193 g/mol. The van der Waals surface area contributed by atoms with Crippen molar-refractivity contribution in [3.63, 3.8) is 0 Å². The van der Waals surface area contributed by atoms with Gasteiger partial charge < -0.3 is 0 Å². The van der Waals surface area contributed by atoms with Gasteiger partial charge in [0.1, 0.15) is 0 Å². The quantitative estimate of drug-likeness (QED) is 0.510. The monoisotopic (exact) mass is 192 g/mol. The van der Waals surface area contributed by atoms with Crippen molar-refractivity contribution >= 4 is 0 Å². The molecule has 0 rings (SSSR count). The standard InChI is InChI=1S/CF3O.Ag/c2-1(3,4)5;. The first-order chi connectivity index (χ1) is 2.00. The molecule has 0 unspecified atom stereocenters. The molecule has 0 aromatic rings. The number of halogens is 3. The fourth-order valence-electron chi connectivity index (χ4n) is 0. The van der Waals surface area contributed by atoms with E-state index in [2.05, 4.69) is 0 Å². The second-order valence-corrected chi connectivity index (χ2v) is 0.446. The first-order valence-electron chi connectivity index (χ1n) is 0.771. The van der Waals surface area contributed by atoms with Crippen LogP contribution < -0.4 is 0 Å². The molecule has 1 nitrogen and oxygen atoms in total. The molecule has 0 aliphatic carbocycles.